The zero-order valence-corrected chi connectivity index (χ0v) is 15.1. The molecule has 1 saturated carbocycles. The molecular weight excluding hydrogens is 338 g/mol. The maximum absolute atomic E-state index is 13.2. The standard InChI is InChI=1S/C21H19N5O/c1-14-10-15(4-7-23-14)16-11-19-18(5-8-24-26(19)12-16)25-9-6-21(13-22,20(25)27)17-2-3-17/h4-5,7-8,10-12,17H,2-3,6,9H2,1H3/t21-/m1/s1. The van der Waals surface area contributed by atoms with Crippen molar-refractivity contribution in [2.45, 2.75) is 26.2 Å². The van der Waals surface area contributed by atoms with Gasteiger partial charge in [-0.15, -0.1) is 0 Å². The number of amides is 1. The normalized spacial score (nSPS) is 22.4. The van der Waals surface area contributed by atoms with Crippen LogP contribution in [0.15, 0.2) is 42.9 Å². The van der Waals surface area contributed by atoms with E-state index in [2.05, 4.69) is 16.2 Å². The summed E-state index contributed by atoms with van der Waals surface area (Å²) in [6.07, 6.45) is 8.04. The average molecular weight is 357 g/mol. The van der Waals surface area contributed by atoms with E-state index in [4.69, 9.17) is 0 Å². The molecule has 0 radical (unpaired) electrons. The molecular formula is C21H19N5O. The highest BCUT2D eigenvalue weighted by Gasteiger charge is 2.56. The van der Waals surface area contributed by atoms with Gasteiger partial charge < -0.3 is 4.90 Å². The van der Waals surface area contributed by atoms with Crippen molar-refractivity contribution in [3.05, 3.63) is 48.5 Å². The Hall–Kier alpha value is -3.20. The van der Waals surface area contributed by atoms with E-state index in [1.807, 2.05) is 37.4 Å². The number of carbonyl (C=O) groups excluding carboxylic acids is 1. The van der Waals surface area contributed by atoms with Crippen molar-refractivity contribution < 1.29 is 4.79 Å². The Morgan fingerprint density at radius 3 is 2.81 bits per heavy atom. The number of aryl methyl sites for hydroxylation is 1. The summed E-state index contributed by atoms with van der Waals surface area (Å²) < 4.78 is 1.80. The first-order chi connectivity index (χ1) is 13.1. The van der Waals surface area contributed by atoms with Crippen LogP contribution in [0, 0.1) is 29.6 Å². The van der Waals surface area contributed by atoms with Crippen LogP contribution in [-0.4, -0.2) is 27.0 Å². The first kappa shape index (κ1) is 16.0. The minimum Gasteiger partial charge on any atom is -0.309 e. The van der Waals surface area contributed by atoms with E-state index in [1.165, 1.54) is 0 Å². The van der Waals surface area contributed by atoms with E-state index in [0.29, 0.717) is 13.0 Å². The fourth-order valence-electron chi connectivity index (χ4n) is 4.23. The van der Waals surface area contributed by atoms with Crippen LogP contribution < -0.4 is 4.90 Å². The van der Waals surface area contributed by atoms with Gasteiger partial charge in [-0.2, -0.15) is 10.4 Å². The summed E-state index contributed by atoms with van der Waals surface area (Å²) >= 11 is 0. The molecule has 3 aromatic rings. The summed E-state index contributed by atoms with van der Waals surface area (Å²) in [4.78, 5) is 19.2. The van der Waals surface area contributed by atoms with Crippen LogP contribution in [-0.2, 0) is 4.79 Å². The maximum Gasteiger partial charge on any atom is 0.247 e. The van der Waals surface area contributed by atoms with Gasteiger partial charge in [0.1, 0.15) is 5.41 Å². The first-order valence-electron chi connectivity index (χ1n) is 9.26. The Bertz CT molecular complexity index is 1110. The molecule has 2 aliphatic rings. The van der Waals surface area contributed by atoms with E-state index in [0.717, 1.165) is 40.9 Å². The SMILES string of the molecule is Cc1cc(-c2cc3c(N4CC[C@@](C#N)(C5CC5)C4=O)ccnn3c2)ccn1. The molecule has 6 nitrogen and oxygen atoms in total. The number of pyridine rings is 1. The Morgan fingerprint density at radius 2 is 2.07 bits per heavy atom. The maximum atomic E-state index is 13.2. The van der Waals surface area contributed by atoms with E-state index in [9.17, 15) is 10.1 Å². The zero-order valence-electron chi connectivity index (χ0n) is 15.1. The molecule has 0 N–H and O–H groups in total. The highest BCUT2D eigenvalue weighted by molar-refractivity contribution is 6.05. The molecule has 0 bridgehead atoms. The number of aromatic nitrogens is 3. The Kier molecular flexibility index (Phi) is 3.35. The van der Waals surface area contributed by atoms with Crippen LogP contribution in [0.4, 0.5) is 5.69 Å². The molecule has 2 fully saturated rings. The van der Waals surface area contributed by atoms with Crippen LogP contribution >= 0.6 is 0 Å². The van der Waals surface area contributed by atoms with Gasteiger partial charge in [0.15, 0.2) is 0 Å². The van der Waals surface area contributed by atoms with E-state index < -0.39 is 5.41 Å². The smallest absolute Gasteiger partial charge is 0.247 e. The van der Waals surface area contributed by atoms with Crippen LogP contribution in [0.1, 0.15) is 25.0 Å². The summed E-state index contributed by atoms with van der Waals surface area (Å²) in [5.41, 5.74) is 3.91. The first-order valence-corrected chi connectivity index (χ1v) is 9.26. The summed E-state index contributed by atoms with van der Waals surface area (Å²) in [7, 11) is 0. The fraction of sp³-hybridized carbons (Fsp3) is 0.333. The van der Waals surface area contributed by atoms with Crippen molar-refractivity contribution in [3.8, 4) is 17.2 Å². The summed E-state index contributed by atoms with van der Waals surface area (Å²) in [5, 5.41) is 14.1. The molecule has 1 saturated heterocycles. The van der Waals surface area contributed by atoms with Gasteiger partial charge >= 0.3 is 0 Å². The largest absolute Gasteiger partial charge is 0.309 e. The Morgan fingerprint density at radius 1 is 1.22 bits per heavy atom. The monoisotopic (exact) mass is 357 g/mol. The average Bonchev–Trinajstić information content (AvgIpc) is 3.34. The third-order valence-electron chi connectivity index (χ3n) is 5.84. The van der Waals surface area contributed by atoms with Crippen LogP contribution in [0.2, 0.25) is 0 Å². The number of anilines is 1. The lowest BCUT2D eigenvalue weighted by molar-refractivity contribution is -0.123. The molecule has 1 aliphatic heterocycles. The molecule has 0 aromatic carbocycles. The molecule has 1 amide bonds. The molecule has 4 heterocycles. The zero-order chi connectivity index (χ0) is 18.6. The van der Waals surface area contributed by atoms with Crippen molar-refractivity contribution in [2.24, 2.45) is 11.3 Å². The van der Waals surface area contributed by atoms with Gasteiger partial charge in [0, 0.05) is 36.4 Å². The lowest BCUT2D eigenvalue weighted by atomic mass is 9.83. The molecule has 5 rings (SSSR count). The molecule has 0 unspecified atom stereocenters. The van der Waals surface area contributed by atoms with Crippen LogP contribution in [0.3, 0.4) is 0 Å². The second kappa shape index (κ2) is 5.65. The van der Waals surface area contributed by atoms with Crippen molar-refractivity contribution in [1.29, 1.82) is 5.26 Å². The van der Waals surface area contributed by atoms with E-state index >= 15 is 0 Å². The van der Waals surface area contributed by atoms with Crippen molar-refractivity contribution in [2.75, 3.05) is 11.4 Å². The van der Waals surface area contributed by atoms with Gasteiger partial charge in [0.25, 0.3) is 0 Å². The molecule has 134 valence electrons. The highest BCUT2D eigenvalue weighted by atomic mass is 16.2. The topological polar surface area (TPSA) is 74.3 Å². The van der Waals surface area contributed by atoms with E-state index in [1.54, 1.807) is 21.8 Å². The van der Waals surface area contributed by atoms with Crippen molar-refractivity contribution >= 4 is 17.1 Å². The Balaban J connectivity index is 1.59. The second-order valence-corrected chi connectivity index (χ2v) is 7.53. The van der Waals surface area contributed by atoms with Crippen molar-refractivity contribution in [3.63, 3.8) is 0 Å². The van der Waals surface area contributed by atoms with Crippen LogP contribution in [0.5, 0.6) is 0 Å². The molecule has 0 spiro atoms. The molecule has 1 atom stereocenters. The highest BCUT2D eigenvalue weighted by Crippen LogP contribution is 2.52. The molecule has 1 aliphatic carbocycles. The number of rotatable bonds is 3. The lowest BCUT2D eigenvalue weighted by Crippen LogP contribution is -2.35. The van der Waals surface area contributed by atoms with Crippen LogP contribution in [0.25, 0.3) is 16.6 Å². The van der Waals surface area contributed by atoms with Gasteiger partial charge in [-0.3, -0.25) is 9.78 Å². The molecule has 6 heteroatoms. The number of hydrogen-bond acceptors (Lipinski definition) is 4. The summed E-state index contributed by atoms with van der Waals surface area (Å²) in [6.45, 7) is 2.54. The van der Waals surface area contributed by atoms with Gasteiger partial charge in [-0.05, 0) is 61.9 Å². The number of carbonyl (C=O) groups is 1. The summed E-state index contributed by atoms with van der Waals surface area (Å²) in [5.74, 6) is 0.170. The fourth-order valence-corrected chi connectivity index (χ4v) is 4.23. The number of nitrogens with zero attached hydrogens (tertiary/aromatic N) is 5. The summed E-state index contributed by atoms with van der Waals surface area (Å²) in [6, 6.07) is 10.3. The predicted octanol–water partition coefficient (Wildman–Crippen LogP) is 3.36. The number of nitriles is 1. The van der Waals surface area contributed by atoms with Gasteiger partial charge in [0.2, 0.25) is 5.91 Å². The van der Waals surface area contributed by atoms with Gasteiger partial charge in [-0.25, -0.2) is 4.52 Å². The number of hydrogen-bond donors (Lipinski definition) is 0. The second-order valence-electron chi connectivity index (χ2n) is 7.53. The number of fused-ring (bicyclic) bond motifs is 1. The van der Waals surface area contributed by atoms with Gasteiger partial charge in [0.05, 0.1) is 17.3 Å². The van der Waals surface area contributed by atoms with E-state index in [-0.39, 0.29) is 11.8 Å². The quantitative estimate of drug-likeness (QED) is 0.720. The van der Waals surface area contributed by atoms with Gasteiger partial charge in [-0.1, -0.05) is 0 Å². The lowest BCUT2D eigenvalue weighted by Gasteiger charge is -2.21. The minimum absolute atomic E-state index is 0.0527. The minimum atomic E-state index is -0.835. The predicted molar refractivity (Wildman–Crippen MR) is 101 cm³/mol. The molecule has 27 heavy (non-hydrogen) atoms. The third kappa shape index (κ3) is 2.35. The molecule has 3 aromatic heterocycles. The van der Waals surface area contributed by atoms with Crippen molar-refractivity contribution in [1.82, 2.24) is 14.6 Å². The Labute approximate surface area is 157 Å². The third-order valence-corrected chi connectivity index (χ3v) is 5.84.